The van der Waals surface area contributed by atoms with Crippen molar-refractivity contribution in [2.75, 3.05) is 24.7 Å². The molecule has 0 bridgehead atoms. The second-order valence-corrected chi connectivity index (χ2v) is 9.93. The van der Waals surface area contributed by atoms with Crippen LogP contribution in [0.3, 0.4) is 0 Å². The Labute approximate surface area is 233 Å². The van der Waals surface area contributed by atoms with Gasteiger partial charge in [-0.25, -0.2) is 4.98 Å². The molecule has 8 nitrogen and oxygen atoms in total. The molecule has 0 aliphatic rings. The first-order valence-electron chi connectivity index (χ1n) is 12.3. The van der Waals surface area contributed by atoms with Crippen molar-refractivity contribution in [3.63, 3.8) is 0 Å². The number of carbonyl (C=O) groups excluding carboxylic acids is 4. The van der Waals surface area contributed by atoms with Crippen LogP contribution in [0.15, 0.2) is 66.5 Å². The van der Waals surface area contributed by atoms with Crippen molar-refractivity contribution in [1.29, 1.82) is 0 Å². The van der Waals surface area contributed by atoms with Gasteiger partial charge in [0.1, 0.15) is 0 Å². The molecule has 2 amide bonds. The summed E-state index contributed by atoms with van der Waals surface area (Å²) in [6.45, 7) is 11.8. The van der Waals surface area contributed by atoms with E-state index < -0.39 is 11.8 Å². The highest BCUT2D eigenvalue weighted by Crippen LogP contribution is 2.34. The molecule has 0 aliphatic carbocycles. The van der Waals surface area contributed by atoms with Gasteiger partial charge in [0.25, 0.3) is 11.8 Å². The summed E-state index contributed by atoms with van der Waals surface area (Å²) in [5.41, 5.74) is 5.10. The highest BCUT2D eigenvalue weighted by molar-refractivity contribution is 7.15. The van der Waals surface area contributed by atoms with E-state index in [2.05, 4.69) is 36.0 Å². The van der Waals surface area contributed by atoms with E-state index in [-0.39, 0.29) is 10.6 Å². The Bertz CT molecular complexity index is 1410. The van der Waals surface area contributed by atoms with Gasteiger partial charge < -0.3 is 15.5 Å². The zero-order valence-electron chi connectivity index (χ0n) is 23.1. The topological polar surface area (TPSA) is 108 Å². The van der Waals surface area contributed by atoms with E-state index in [9.17, 15) is 19.2 Å². The number of aromatic nitrogens is 1. The maximum absolute atomic E-state index is 12.7. The number of aldehydes is 2. The van der Waals surface area contributed by atoms with Crippen LogP contribution in [-0.4, -0.2) is 48.4 Å². The van der Waals surface area contributed by atoms with Gasteiger partial charge in [-0.3, -0.25) is 19.2 Å². The Morgan fingerprint density at radius 1 is 0.974 bits per heavy atom. The van der Waals surface area contributed by atoms with Gasteiger partial charge >= 0.3 is 0 Å². The van der Waals surface area contributed by atoms with E-state index in [1.165, 1.54) is 18.7 Å². The molecule has 0 fully saturated rings. The first-order valence-corrected chi connectivity index (χ1v) is 13.2. The molecule has 2 N–H and O–H groups in total. The van der Waals surface area contributed by atoms with Crippen molar-refractivity contribution in [2.24, 2.45) is 0 Å². The second kappa shape index (κ2) is 14.5. The van der Waals surface area contributed by atoms with Crippen molar-refractivity contribution in [1.82, 2.24) is 9.88 Å². The lowest BCUT2D eigenvalue weighted by atomic mass is 9.94. The Kier molecular flexibility index (Phi) is 11.5. The first kappa shape index (κ1) is 30.9. The van der Waals surface area contributed by atoms with Crippen LogP contribution < -0.4 is 10.6 Å². The Balaban J connectivity index is 0.00000170. The molecule has 0 aliphatic heterocycles. The fourth-order valence-corrected chi connectivity index (χ4v) is 4.09. The third-order valence-electron chi connectivity index (χ3n) is 5.54. The number of anilines is 2. The van der Waals surface area contributed by atoms with Gasteiger partial charge in [-0.15, -0.1) is 11.3 Å². The number of thiazole rings is 1. The molecule has 0 unspecified atom stereocenters. The maximum atomic E-state index is 12.7. The van der Waals surface area contributed by atoms with Gasteiger partial charge in [0, 0.05) is 37.2 Å². The van der Waals surface area contributed by atoms with Gasteiger partial charge in [0.15, 0.2) is 17.6 Å². The predicted octanol–water partition coefficient (Wildman–Crippen LogP) is 6.05. The summed E-state index contributed by atoms with van der Waals surface area (Å²) in [7, 11) is 3.41. The lowest BCUT2D eigenvalue weighted by Crippen LogP contribution is -2.17. The van der Waals surface area contributed by atoms with Crippen molar-refractivity contribution >= 4 is 47.1 Å². The summed E-state index contributed by atoms with van der Waals surface area (Å²) in [4.78, 5) is 53.4. The number of rotatable bonds is 9. The van der Waals surface area contributed by atoms with Crippen molar-refractivity contribution in [3.05, 3.63) is 87.5 Å². The molecule has 0 saturated carbocycles. The zero-order chi connectivity index (χ0) is 29.1. The minimum atomic E-state index is -0.424. The minimum absolute atomic E-state index is 0.149. The number of likely N-dealkylation sites (N-methyl/N-ethyl adjacent to an activating group) is 1. The van der Waals surface area contributed by atoms with Crippen LogP contribution in [0.2, 0.25) is 0 Å². The van der Waals surface area contributed by atoms with Crippen LogP contribution >= 0.6 is 11.3 Å². The number of allylic oxidation sites excluding steroid dienone is 1. The normalized spacial score (nSPS) is 10.6. The van der Waals surface area contributed by atoms with Crippen LogP contribution in [-0.2, 0) is 9.59 Å². The minimum Gasteiger partial charge on any atom is -0.375 e. The van der Waals surface area contributed by atoms with E-state index in [4.69, 9.17) is 0 Å². The van der Waals surface area contributed by atoms with E-state index in [1.54, 1.807) is 31.1 Å². The van der Waals surface area contributed by atoms with Crippen molar-refractivity contribution < 1.29 is 19.2 Å². The SMILES string of the molecule is C=C(/C=C(/C=O)N(C)C)C(=O)Nc1cccc(-c2cccc(NC(=O)c3ncc(C=O)s3)c2C)c1C.CCC. The molecule has 1 aromatic heterocycles. The van der Waals surface area contributed by atoms with Crippen molar-refractivity contribution in [3.8, 4) is 11.1 Å². The van der Waals surface area contributed by atoms with E-state index >= 15 is 0 Å². The van der Waals surface area contributed by atoms with E-state index in [0.717, 1.165) is 33.6 Å². The van der Waals surface area contributed by atoms with Crippen LogP contribution in [0.1, 0.15) is 50.9 Å². The highest BCUT2D eigenvalue weighted by Gasteiger charge is 2.16. The number of amides is 2. The molecule has 3 aromatic rings. The Hall–Kier alpha value is -4.37. The molecule has 2 aromatic carbocycles. The molecule has 0 atom stereocenters. The highest BCUT2D eigenvalue weighted by atomic mass is 32.1. The van der Waals surface area contributed by atoms with Crippen LogP contribution in [0.4, 0.5) is 11.4 Å². The lowest BCUT2D eigenvalue weighted by Gasteiger charge is -2.17. The Morgan fingerprint density at radius 2 is 1.51 bits per heavy atom. The molecule has 204 valence electrons. The first-order chi connectivity index (χ1) is 18.6. The third-order valence-corrected chi connectivity index (χ3v) is 6.46. The summed E-state index contributed by atoms with van der Waals surface area (Å²) in [6.07, 6.45) is 5.36. The smallest absolute Gasteiger partial charge is 0.284 e. The molecule has 9 heteroatoms. The summed E-state index contributed by atoms with van der Waals surface area (Å²) >= 11 is 1.02. The number of nitrogens with zero attached hydrogens (tertiary/aromatic N) is 2. The van der Waals surface area contributed by atoms with Gasteiger partial charge in [0.05, 0.1) is 10.6 Å². The van der Waals surface area contributed by atoms with E-state index in [1.807, 2.05) is 38.1 Å². The van der Waals surface area contributed by atoms with Crippen LogP contribution in [0.25, 0.3) is 11.1 Å². The fourth-order valence-electron chi connectivity index (χ4n) is 3.46. The summed E-state index contributed by atoms with van der Waals surface area (Å²) in [5.74, 6) is -0.822. The molecule has 1 heterocycles. The molecule has 0 saturated heterocycles. The maximum Gasteiger partial charge on any atom is 0.284 e. The monoisotopic (exact) mass is 546 g/mol. The summed E-state index contributed by atoms with van der Waals surface area (Å²) in [5, 5.41) is 5.92. The van der Waals surface area contributed by atoms with Gasteiger partial charge in [-0.05, 0) is 54.3 Å². The molecule has 0 spiro atoms. The summed E-state index contributed by atoms with van der Waals surface area (Å²) in [6, 6.07) is 11.1. The van der Waals surface area contributed by atoms with Crippen LogP contribution in [0.5, 0.6) is 0 Å². The molecular weight excluding hydrogens is 512 g/mol. The number of hydrogen-bond donors (Lipinski definition) is 2. The standard InChI is InChI=1S/C27H26N4O4S.C3H8/c1-16(12-19(14-32)31(4)5)25(34)29-23-10-6-8-21(17(23)2)22-9-7-11-24(18(22)3)30-26(35)27-28-13-20(15-33)36-27;1-3-2/h6-15H,1H2,2-5H3,(H,29,34)(H,30,35);3H2,1-2H3/b19-12-;. The third kappa shape index (κ3) is 8.05. The summed E-state index contributed by atoms with van der Waals surface area (Å²) < 4.78 is 0. The molecule has 39 heavy (non-hydrogen) atoms. The van der Waals surface area contributed by atoms with Crippen molar-refractivity contribution in [2.45, 2.75) is 34.1 Å². The fraction of sp³-hybridized carbons (Fsp3) is 0.233. The largest absolute Gasteiger partial charge is 0.375 e. The number of benzene rings is 2. The molecule has 3 rings (SSSR count). The predicted molar refractivity (Wildman–Crippen MR) is 158 cm³/mol. The lowest BCUT2D eigenvalue weighted by molar-refractivity contribution is -0.112. The number of carbonyl (C=O) groups is 4. The molecular formula is C30H34N4O4S. The van der Waals surface area contributed by atoms with Gasteiger partial charge in [-0.2, -0.15) is 0 Å². The number of nitrogens with one attached hydrogen (secondary N) is 2. The quantitative estimate of drug-likeness (QED) is 0.192. The van der Waals surface area contributed by atoms with Crippen LogP contribution in [0, 0.1) is 13.8 Å². The zero-order valence-corrected chi connectivity index (χ0v) is 23.9. The second-order valence-electron chi connectivity index (χ2n) is 8.86. The van der Waals surface area contributed by atoms with E-state index in [0.29, 0.717) is 34.5 Å². The molecule has 0 radical (unpaired) electrons. The Morgan fingerprint density at radius 3 is 1.97 bits per heavy atom. The van der Waals surface area contributed by atoms with Gasteiger partial charge in [-0.1, -0.05) is 51.1 Å². The number of hydrogen-bond acceptors (Lipinski definition) is 7. The average molecular weight is 547 g/mol. The van der Waals surface area contributed by atoms with Gasteiger partial charge in [0.2, 0.25) is 0 Å². The average Bonchev–Trinajstić information content (AvgIpc) is 3.39.